The van der Waals surface area contributed by atoms with E-state index in [0.717, 1.165) is 56.9 Å². The van der Waals surface area contributed by atoms with Gasteiger partial charge in [-0.05, 0) is 51.9 Å². The first-order valence-electron chi connectivity index (χ1n) is 11.7. The SMILES string of the molecule is C=C(C)[C@@H]1CCC(C)=C[C@H]1C1=C(O)C(=O)C(CCCCC)=C(NCCCCC)C1=O. The summed E-state index contributed by atoms with van der Waals surface area (Å²) >= 11 is 0. The van der Waals surface area contributed by atoms with E-state index < -0.39 is 0 Å². The second-order valence-electron chi connectivity index (χ2n) is 8.90. The molecule has 4 heteroatoms. The summed E-state index contributed by atoms with van der Waals surface area (Å²) in [6, 6.07) is 0. The maximum absolute atomic E-state index is 13.6. The van der Waals surface area contributed by atoms with Crippen molar-refractivity contribution in [3.63, 3.8) is 0 Å². The summed E-state index contributed by atoms with van der Waals surface area (Å²) in [5, 5.41) is 14.2. The van der Waals surface area contributed by atoms with Crippen LogP contribution in [0.15, 0.2) is 46.4 Å². The number of aliphatic hydroxyl groups excluding tert-OH is 1. The number of Topliss-reactive ketones (excluding diaryl/α,β-unsaturated/α-hetero) is 2. The van der Waals surface area contributed by atoms with E-state index in [-0.39, 0.29) is 34.7 Å². The third-order valence-electron chi connectivity index (χ3n) is 6.34. The fraction of sp³-hybridized carbons (Fsp3) is 0.615. The molecule has 0 spiro atoms. The summed E-state index contributed by atoms with van der Waals surface area (Å²) in [6.45, 7) is 13.0. The van der Waals surface area contributed by atoms with Crippen LogP contribution in [0.4, 0.5) is 0 Å². The highest BCUT2D eigenvalue weighted by molar-refractivity contribution is 6.24. The van der Waals surface area contributed by atoms with Gasteiger partial charge in [-0.25, -0.2) is 0 Å². The van der Waals surface area contributed by atoms with Gasteiger partial charge in [0, 0.05) is 18.0 Å². The predicted molar refractivity (Wildman–Crippen MR) is 123 cm³/mol. The highest BCUT2D eigenvalue weighted by Crippen LogP contribution is 2.41. The number of unbranched alkanes of at least 4 members (excludes halogenated alkanes) is 4. The van der Waals surface area contributed by atoms with Crippen molar-refractivity contribution in [1.29, 1.82) is 0 Å². The third-order valence-corrected chi connectivity index (χ3v) is 6.34. The summed E-state index contributed by atoms with van der Waals surface area (Å²) in [5.41, 5.74) is 3.30. The summed E-state index contributed by atoms with van der Waals surface area (Å²) in [4.78, 5) is 26.8. The zero-order chi connectivity index (χ0) is 22.3. The van der Waals surface area contributed by atoms with Gasteiger partial charge < -0.3 is 10.4 Å². The van der Waals surface area contributed by atoms with Crippen molar-refractivity contribution in [3.05, 3.63) is 46.4 Å². The molecule has 2 N–H and O–H groups in total. The van der Waals surface area contributed by atoms with Crippen LogP contribution in [0.2, 0.25) is 0 Å². The second kappa shape index (κ2) is 11.3. The van der Waals surface area contributed by atoms with Crippen molar-refractivity contribution >= 4 is 11.6 Å². The van der Waals surface area contributed by atoms with Crippen LogP contribution in [0.3, 0.4) is 0 Å². The van der Waals surface area contributed by atoms with Gasteiger partial charge >= 0.3 is 0 Å². The van der Waals surface area contributed by atoms with E-state index in [1.54, 1.807) is 0 Å². The van der Waals surface area contributed by atoms with Crippen LogP contribution in [0.5, 0.6) is 0 Å². The van der Waals surface area contributed by atoms with Crippen LogP contribution >= 0.6 is 0 Å². The molecular weight excluding hydrogens is 374 g/mol. The van der Waals surface area contributed by atoms with Crippen LogP contribution in [0, 0.1) is 11.8 Å². The highest BCUT2D eigenvalue weighted by Gasteiger charge is 2.40. The molecule has 2 aliphatic carbocycles. The van der Waals surface area contributed by atoms with E-state index in [0.29, 0.717) is 24.2 Å². The van der Waals surface area contributed by atoms with Gasteiger partial charge in [-0.2, -0.15) is 0 Å². The number of allylic oxidation sites excluding steroid dienone is 5. The molecule has 0 bridgehead atoms. The van der Waals surface area contributed by atoms with Crippen molar-refractivity contribution in [2.24, 2.45) is 11.8 Å². The van der Waals surface area contributed by atoms with E-state index in [9.17, 15) is 14.7 Å². The van der Waals surface area contributed by atoms with Crippen molar-refractivity contribution in [2.45, 2.75) is 85.5 Å². The first kappa shape index (κ1) is 24.2. The van der Waals surface area contributed by atoms with Crippen LogP contribution in [-0.2, 0) is 9.59 Å². The largest absolute Gasteiger partial charge is 0.504 e. The van der Waals surface area contributed by atoms with Gasteiger partial charge in [0.25, 0.3) is 0 Å². The molecule has 0 aromatic heterocycles. The summed E-state index contributed by atoms with van der Waals surface area (Å²) < 4.78 is 0. The van der Waals surface area contributed by atoms with E-state index in [1.807, 2.05) is 13.8 Å². The normalized spacial score (nSPS) is 22.5. The molecule has 0 saturated carbocycles. The lowest BCUT2D eigenvalue weighted by atomic mass is 9.70. The molecule has 2 atom stereocenters. The predicted octanol–water partition coefficient (Wildman–Crippen LogP) is 6.11. The molecule has 30 heavy (non-hydrogen) atoms. The Morgan fingerprint density at radius 1 is 1.13 bits per heavy atom. The van der Waals surface area contributed by atoms with Crippen molar-refractivity contribution in [3.8, 4) is 0 Å². The van der Waals surface area contributed by atoms with Crippen LogP contribution in [-0.4, -0.2) is 23.2 Å². The van der Waals surface area contributed by atoms with Gasteiger partial charge in [-0.1, -0.05) is 63.3 Å². The number of aliphatic hydroxyl groups is 1. The van der Waals surface area contributed by atoms with E-state index in [4.69, 9.17) is 0 Å². The lowest BCUT2D eigenvalue weighted by Crippen LogP contribution is -2.36. The maximum atomic E-state index is 13.6. The zero-order valence-electron chi connectivity index (χ0n) is 19.3. The Kier molecular flexibility index (Phi) is 9.13. The molecule has 2 rings (SSSR count). The smallest absolute Gasteiger partial charge is 0.225 e. The molecule has 0 saturated heterocycles. The number of hydrogen-bond donors (Lipinski definition) is 2. The minimum absolute atomic E-state index is 0.0607. The minimum atomic E-state index is -0.379. The topological polar surface area (TPSA) is 66.4 Å². The van der Waals surface area contributed by atoms with Crippen molar-refractivity contribution < 1.29 is 14.7 Å². The monoisotopic (exact) mass is 413 g/mol. The van der Waals surface area contributed by atoms with Gasteiger partial charge in [0.05, 0.1) is 11.3 Å². The van der Waals surface area contributed by atoms with Crippen molar-refractivity contribution in [1.82, 2.24) is 5.32 Å². The highest BCUT2D eigenvalue weighted by atomic mass is 16.3. The first-order chi connectivity index (χ1) is 14.3. The molecule has 166 valence electrons. The van der Waals surface area contributed by atoms with Crippen LogP contribution < -0.4 is 5.32 Å². The minimum Gasteiger partial charge on any atom is -0.504 e. The van der Waals surface area contributed by atoms with Gasteiger partial charge in [-0.3, -0.25) is 9.59 Å². The molecule has 0 aromatic carbocycles. The molecule has 2 aliphatic rings. The van der Waals surface area contributed by atoms with Gasteiger partial charge in [0.2, 0.25) is 11.6 Å². The van der Waals surface area contributed by atoms with E-state index >= 15 is 0 Å². The number of carbonyl (C=O) groups excluding carboxylic acids is 2. The molecule has 0 amide bonds. The fourth-order valence-corrected chi connectivity index (χ4v) is 4.54. The average molecular weight is 414 g/mol. The quantitative estimate of drug-likeness (QED) is 0.243. The number of ketones is 2. The maximum Gasteiger partial charge on any atom is 0.225 e. The summed E-state index contributed by atoms with van der Waals surface area (Å²) in [7, 11) is 0. The Labute approximate surface area is 182 Å². The lowest BCUT2D eigenvalue weighted by molar-refractivity contribution is -0.119. The van der Waals surface area contributed by atoms with E-state index in [2.05, 4.69) is 31.8 Å². The summed E-state index contributed by atoms with van der Waals surface area (Å²) in [5.74, 6) is -1.18. The standard InChI is InChI=1S/C26H39NO3/c1-6-8-10-12-20-23(27-15-11-9-7-2)25(29)22(26(30)24(20)28)21-16-18(5)13-14-19(21)17(3)4/h16,19,21,27,30H,3,6-15H2,1-2,4-5H3/t19-,21+/m0/s1. The molecule has 0 aromatic rings. The molecule has 0 aliphatic heterocycles. The molecule has 4 nitrogen and oxygen atoms in total. The van der Waals surface area contributed by atoms with Crippen molar-refractivity contribution in [2.75, 3.05) is 6.54 Å². The molecule has 0 unspecified atom stereocenters. The number of nitrogens with one attached hydrogen (secondary N) is 1. The van der Waals surface area contributed by atoms with Gasteiger partial charge in [0.15, 0.2) is 5.76 Å². The Bertz CT molecular complexity index is 769. The Hall–Kier alpha value is -2.10. The Morgan fingerprint density at radius 3 is 2.43 bits per heavy atom. The third kappa shape index (κ3) is 5.53. The van der Waals surface area contributed by atoms with Crippen LogP contribution in [0.25, 0.3) is 0 Å². The lowest BCUT2D eigenvalue weighted by Gasteiger charge is -2.34. The molecule has 0 heterocycles. The fourth-order valence-electron chi connectivity index (χ4n) is 4.54. The Balaban J connectivity index is 2.43. The van der Waals surface area contributed by atoms with Crippen LogP contribution in [0.1, 0.15) is 85.5 Å². The second-order valence-corrected chi connectivity index (χ2v) is 8.90. The number of rotatable bonds is 11. The van der Waals surface area contributed by atoms with Gasteiger partial charge in [0.1, 0.15) is 0 Å². The zero-order valence-corrected chi connectivity index (χ0v) is 19.3. The molecular formula is C26H39NO3. The van der Waals surface area contributed by atoms with E-state index in [1.165, 1.54) is 5.57 Å². The molecule has 0 radical (unpaired) electrons. The average Bonchev–Trinajstić information content (AvgIpc) is 2.70. The number of hydrogen-bond acceptors (Lipinski definition) is 4. The summed E-state index contributed by atoms with van der Waals surface area (Å²) in [6.07, 6.45) is 10.4. The Morgan fingerprint density at radius 2 is 1.80 bits per heavy atom. The van der Waals surface area contributed by atoms with Gasteiger partial charge in [-0.15, -0.1) is 0 Å². The molecule has 0 fully saturated rings. The first-order valence-corrected chi connectivity index (χ1v) is 11.7. The number of carbonyl (C=O) groups is 2.